The second kappa shape index (κ2) is 8.86. The van der Waals surface area contributed by atoms with Gasteiger partial charge >= 0.3 is 0 Å². The van der Waals surface area contributed by atoms with Crippen LogP contribution in [0.5, 0.6) is 5.75 Å². The van der Waals surface area contributed by atoms with Gasteiger partial charge in [-0.25, -0.2) is 4.98 Å². The van der Waals surface area contributed by atoms with E-state index in [4.69, 9.17) is 4.74 Å². The number of nitrogens with one attached hydrogen (secondary N) is 1. The summed E-state index contributed by atoms with van der Waals surface area (Å²) in [4.78, 5) is 27.9. The van der Waals surface area contributed by atoms with E-state index in [9.17, 15) is 9.59 Å². The van der Waals surface area contributed by atoms with Crippen molar-refractivity contribution in [1.82, 2.24) is 14.9 Å². The molecule has 0 spiro atoms. The summed E-state index contributed by atoms with van der Waals surface area (Å²) in [5.74, 6) is 0.584. The van der Waals surface area contributed by atoms with Gasteiger partial charge in [0.1, 0.15) is 5.75 Å². The average Bonchev–Trinajstić information content (AvgIpc) is 2.59. The maximum Gasteiger partial charge on any atom is 0.256 e. The minimum absolute atomic E-state index is 0.0900. The molecule has 0 saturated heterocycles. The number of nitrogens with zero attached hydrogens (tertiary/aromatic N) is 2. The summed E-state index contributed by atoms with van der Waals surface area (Å²) in [6.07, 6.45) is 5.10. The first-order valence-corrected chi connectivity index (χ1v) is 8.14. The van der Waals surface area contributed by atoms with Crippen molar-refractivity contribution in [3.8, 4) is 5.75 Å². The third-order valence-electron chi connectivity index (χ3n) is 3.59. The van der Waals surface area contributed by atoms with E-state index in [0.29, 0.717) is 30.8 Å². The van der Waals surface area contributed by atoms with Gasteiger partial charge in [0.25, 0.3) is 11.5 Å². The molecular formula is C18H23N3O3. The molecular weight excluding hydrogens is 306 g/mol. The van der Waals surface area contributed by atoms with Crippen molar-refractivity contribution in [2.75, 3.05) is 13.2 Å². The van der Waals surface area contributed by atoms with E-state index in [2.05, 4.69) is 17.2 Å². The molecule has 0 fully saturated rings. The van der Waals surface area contributed by atoms with Crippen molar-refractivity contribution in [1.29, 1.82) is 0 Å². The number of hydrogen-bond donors (Lipinski definition) is 1. The largest absolute Gasteiger partial charge is 0.494 e. The summed E-state index contributed by atoms with van der Waals surface area (Å²) >= 11 is 0. The third kappa shape index (κ3) is 4.94. The van der Waals surface area contributed by atoms with Gasteiger partial charge in [-0.15, -0.1) is 0 Å². The van der Waals surface area contributed by atoms with Crippen LogP contribution in [0.3, 0.4) is 0 Å². The highest BCUT2D eigenvalue weighted by Gasteiger charge is 2.06. The van der Waals surface area contributed by atoms with Gasteiger partial charge in [-0.3, -0.25) is 14.2 Å². The summed E-state index contributed by atoms with van der Waals surface area (Å²) in [7, 11) is 0. The van der Waals surface area contributed by atoms with Gasteiger partial charge in [0.05, 0.1) is 12.9 Å². The van der Waals surface area contributed by atoms with E-state index in [0.717, 1.165) is 18.6 Å². The van der Waals surface area contributed by atoms with Gasteiger partial charge in [0.15, 0.2) is 0 Å². The maximum absolute atomic E-state index is 12.1. The van der Waals surface area contributed by atoms with Crippen LogP contribution in [0.2, 0.25) is 0 Å². The highest BCUT2D eigenvalue weighted by Crippen LogP contribution is 2.12. The minimum atomic E-state index is -0.177. The topological polar surface area (TPSA) is 73.2 Å². The highest BCUT2D eigenvalue weighted by molar-refractivity contribution is 5.94. The molecule has 1 amide bonds. The molecule has 0 unspecified atom stereocenters. The molecule has 0 aliphatic rings. The SMILES string of the molecule is CCCCOc1ccc(C(=O)NCCn2cncc(C)c2=O)cc1. The van der Waals surface area contributed by atoms with Gasteiger partial charge in [0.2, 0.25) is 0 Å². The molecule has 0 bridgehead atoms. The second-order valence-corrected chi connectivity index (χ2v) is 5.56. The van der Waals surface area contributed by atoms with E-state index < -0.39 is 0 Å². The van der Waals surface area contributed by atoms with Crippen molar-refractivity contribution in [2.45, 2.75) is 33.2 Å². The fourth-order valence-electron chi connectivity index (χ4n) is 2.15. The van der Waals surface area contributed by atoms with Crippen molar-refractivity contribution in [3.05, 3.63) is 58.3 Å². The summed E-state index contributed by atoms with van der Waals surface area (Å²) in [5, 5.41) is 2.80. The first-order valence-electron chi connectivity index (χ1n) is 8.14. The fraction of sp³-hybridized carbons (Fsp3) is 0.389. The molecule has 6 nitrogen and oxygen atoms in total. The van der Waals surface area contributed by atoms with Gasteiger partial charge in [0, 0.05) is 30.4 Å². The van der Waals surface area contributed by atoms with Crippen LogP contribution in [-0.2, 0) is 6.54 Å². The van der Waals surface area contributed by atoms with E-state index in [-0.39, 0.29) is 11.5 Å². The van der Waals surface area contributed by atoms with E-state index in [1.165, 1.54) is 17.1 Å². The van der Waals surface area contributed by atoms with E-state index in [1.807, 2.05) is 0 Å². The first kappa shape index (κ1) is 17.7. The number of carbonyl (C=O) groups excluding carboxylic acids is 1. The van der Waals surface area contributed by atoms with Crippen LogP contribution in [0.1, 0.15) is 35.7 Å². The van der Waals surface area contributed by atoms with Crippen LogP contribution in [0.4, 0.5) is 0 Å². The van der Waals surface area contributed by atoms with Crippen molar-refractivity contribution < 1.29 is 9.53 Å². The Morgan fingerprint density at radius 1 is 1.29 bits per heavy atom. The smallest absolute Gasteiger partial charge is 0.256 e. The predicted molar refractivity (Wildman–Crippen MR) is 92.4 cm³/mol. The van der Waals surface area contributed by atoms with Gasteiger partial charge < -0.3 is 10.1 Å². The molecule has 24 heavy (non-hydrogen) atoms. The lowest BCUT2D eigenvalue weighted by molar-refractivity contribution is 0.0952. The van der Waals surface area contributed by atoms with Crippen LogP contribution >= 0.6 is 0 Å². The average molecular weight is 329 g/mol. The molecule has 0 radical (unpaired) electrons. The summed E-state index contributed by atoms with van der Waals surface area (Å²) in [6, 6.07) is 7.05. The Hall–Kier alpha value is -2.63. The zero-order chi connectivity index (χ0) is 17.4. The quantitative estimate of drug-likeness (QED) is 0.753. The molecule has 1 N–H and O–H groups in total. The van der Waals surface area contributed by atoms with Crippen molar-refractivity contribution in [2.24, 2.45) is 0 Å². The molecule has 0 aliphatic carbocycles. The molecule has 128 valence electrons. The summed E-state index contributed by atoms with van der Waals surface area (Å²) in [6.45, 7) is 5.25. The summed E-state index contributed by atoms with van der Waals surface area (Å²) < 4.78 is 7.05. The molecule has 1 aromatic carbocycles. The number of aromatic nitrogens is 2. The number of rotatable bonds is 8. The Bertz CT molecular complexity index is 723. The summed E-state index contributed by atoms with van der Waals surface area (Å²) in [5.41, 5.74) is 1.06. The Labute approximate surface area is 141 Å². The van der Waals surface area contributed by atoms with Crippen molar-refractivity contribution >= 4 is 5.91 Å². The molecule has 1 heterocycles. The number of carbonyl (C=O) groups is 1. The fourth-order valence-corrected chi connectivity index (χ4v) is 2.15. The Kier molecular flexibility index (Phi) is 6.54. The lowest BCUT2D eigenvalue weighted by atomic mass is 10.2. The van der Waals surface area contributed by atoms with Gasteiger partial charge in [-0.05, 0) is 37.6 Å². The number of benzene rings is 1. The molecule has 2 rings (SSSR count). The number of hydrogen-bond acceptors (Lipinski definition) is 4. The van der Waals surface area contributed by atoms with Gasteiger partial charge in [-0.1, -0.05) is 13.3 Å². The molecule has 1 aromatic heterocycles. The zero-order valence-electron chi connectivity index (χ0n) is 14.1. The molecule has 0 saturated carbocycles. The number of aryl methyl sites for hydroxylation is 1. The number of unbranched alkanes of at least 4 members (excludes halogenated alkanes) is 1. The molecule has 2 aromatic rings. The molecule has 6 heteroatoms. The lowest BCUT2D eigenvalue weighted by Crippen LogP contribution is -2.31. The van der Waals surface area contributed by atoms with Crippen LogP contribution in [-0.4, -0.2) is 28.6 Å². The third-order valence-corrected chi connectivity index (χ3v) is 3.59. The van der Waals surface area contributed by atoms with Crippen molar-refractivity contribution in [3.63, 3.8) is 0 Å². The Balaban J connectivity index is 1.84. The lowest BCUT2D eigenvalue weighted by Gasteiger charge is -2.09. The predicted octanol–water partition coefficient (Wildman–Crippen LogP) is 2.16. The Morgan fingerprint density at radius 3 is 2.75 bits per heavy atom. The highest BCUT2D eigenvalue weighted by atomic mass is 16.5. The molecule has 0 atom stereocenters. The second-order valence-electron chi connectivity index (χ2n) is 5.56. The van der Waals surface area contributed by atoms with Gasteiger partial charge in [-0.2, -0.15) is 0 Å². The van der Waals surface area contributed by atoms with E-state index >= 15 is 0 Å². The van der Waals surface area contributed by atoms with Crippen LogP contribution in [0.25, 0.3) is 0 Å². The molecule has 0 aliphatic heterocycles. The monoisotopic (exact) mass is 329 g/mol. The van der Waals surface area contributed by atoms with Crippen LogP contribution in [0, 0.1) is 6.92 Å². The normalized spacial score (nSPS) is 10.4. The zero-order valence-corrected chi connectivity index (χ0v) is 14.1. The minimum Gasteiger partial charge on any atom is -0.494 e. The Morgan fingerprint density at radius 2 is 2.04 bits per heavy atom. The number of ether oxygens (including phenoxy) is 1. The van der Waals surface area contributed by atoms with Crippen LogP contribution < -0.4 is 15.6 Å². The van der Waals surface area contributed by atoms with Crippen LogP contribution in [0.15, 0.2) is 41.6 Å². The maximum atomic E-state index is 12.1. The standard InChI is InChI=1S/C18H23N3O3/c1-3-4-11-24-16-7-5-15(6-8-16)17(22)20-9-10-21-13-19-12-14(2)18(21)23/h5-8,12-13H,3-4,9-11H2,1-2H3,(H,20,22). The first-order chi connectivity index (χ1) is 11.6. The number of amides is 1. The van der Waals surface area contributed by atoms with E-state index in [1.54, 1.807) is 31.2 Å².